The van der Waals surface area contributed by atoms with Crippen LogP contribution in [0.15, 0.2) is 53.5 Å². The molecule has 0 bridgehead atoms. The van der Waals surface area contributed by atoms with Crippen molar-refractivity contribution in [2.45, 2.75) is 25.0 Å². The van der Waals surface area contributed by atoms with Crippen LogP contribution >= 0.6 is 0 Å². The minimum absolute atomic E-state index is 0.0346. The van der Waals surface area contributed by atoms with Crippen molar-refractivity contribution in [3.63, 3.8) is 0 Å². The van der Waals surface area contributed by atoms with E-state index in [0.29, 0.717) is 29.5 Å². The molecule has 1 unspecified atom stereocenters. The fourth-order valence-electron chi connectivity index (χ4n) is 3.20. The maximum Gasteiger partial charge on any atom is 0.387 e. The summed E-state index contributed by atoms with van der Waals surface area (Å²) in [4.78, 5) is 18.9. The quantitative estimate of drug-likeness (QED) is 0.581. The Labute approximate surface area is 172 Å². The Morgan fingerprint density at radius 2 is 1.93 bits per heavy atom. The van der Waals surface area contributed by atoms with Crippen LogP contribution in [0.4, 0.5) is 13.2 Å². The Balaban J connectivity index is 2.07. The number of halogens is 3. The van der Waals surface area contributed by atoms with Crippen molar-refractivity contribution in [1.29, 1.82) is 0 Å². The van der Waals surface area contributed by atoms with E-state index in [9.17, 15) is 18.0 Å². The van der Waals surface area contributed by atoms with Crippen LogP contribution in [-0.2, 0) is 10.3 Å². The molecule has 3 rings (SSSR count). The summed E-state index contributed by atoms with van der Waals surface area (Å²) in [6.45, 7) is -3.39. The van der Waals surface area contributed by atoms with E-state index in [1.165, 1.54) is 36.2 Å². The van der Waals surface area contributed by atoms with E-state index in [2.05, 4.69) is 21.6 Å². The average molecular weight is 415 g/mol. The van der Waals surface area contributed by atoms with E-state index < -0.39 is 18.8 Å². The van der Waals surface area contributed by atoms with Crippen molar-refractivity contribution in [3.8, 4) is 17.6 Å². The highest BCUT2D eigenvalue weighted by Crippen LogP contribution is 2.40. The summed E-state index contributed by atoms with van der Waals surface area (Å²) >= 11 is 0. The zero-order chi connectivity index (χ0) is 21.7. The van der Waals surface area contributed by atoms with Crippen LogP contribution in [0.5, 0.6) is 5.75 Å². The Kier molecular flexibility index (Phi) is 6.31. The number of carbonyl (C=O) groups is 1. The largest absolute Gasteiger partial charge is 0.435 e. The SMILES string of the molecule is CN1C(=O)C(c2ccc(OC(F)F)cc2)(c2cccc(C#CCCCF)c2)N=C1N. The second-order valence-electron chi connectivity index (χ2n) is 6.62. The number of rotatable bonds is 6. The summed E-state index contributed by atoms with van der Waals surface area (Å²) in [7, 11) is 1.51. The first-order valence-electron chi connectivity index (χ1n) is 9.22. The van der Waals surface area contributed by atoms with Crippen LogP contribution in [0.25, 0.3) is 0 Å². The molecule has 1 amide bonds. The molecule has 0 spiro atoms. The van der Waals surface area contributed by atoms with Crippen molar-refractivity contribution in [3.05, 3.63) is 65.2 Å². The fourth-order valence-corrected chi connectivity index (χ4v) is 3.20. The van der Waals surface area contributed by atoms with E-state index in [1.54, 1.807) is 24.3 Å². The highest BCUT2D eigenvalue weighted by molar-refractivity contribution is 6.08. The van der Waals surface area contributed by atoms with Gasteiger partial charge in [0.05, 0.1) is 6.67 Å². The number of unbranched alkanes of at least 4 members (excludes halogenated alkanes) is 1. The van der Waals surface area contributed by atoms with Gasteiger partial charge >= 0.3 is 6.61 Å². The summed E-state index contributed by atoms with van der Waals surface area (Å²) in [5.41, 5.74) is 6.07. The standard InChI is InChI=1S/C22H20F3N3O2/c1-28-19(29)22(27-21(28)26,16-9-11-18(12-10-16)30-20(24)25)17-8-5-7-15(14-17)6-3-2-4-13-23/h5,7-12,14,20H,2,4,13H2,1H3,(H2,26,27). The Morgan fingerprint density at radius 1 is 1.20 bits per heavy atom. The van der Waals surface area contributed by atoms with Gasteiger partial charge in [0.15, 0.2) is 11.5 Å². The summed E-state index contributed by atoms with van der Waals surface area (Å²) in [5, 5.41) is 0. The van der Waals surface area contributed by atoms with Gasteiger partial charge in [-0.25, -0.2) is 4.99 Å². The number of aliphatic imine (C=N–C) groups is 1. The minimum atomic E-state index is -2.95. The molecule has 2 aromatic carbocycles. The number of guanidine groups is 1. The second-order valence-corrected chi connectivity index (χ2v) is 6.62. The highest BCUT2D eigenvalue weighted by Gasteiger charge is 2.49. The first kappa shape index (κ1) is 21.2. The number of hydrogen-bond donors (Lipinski definition) is 1. The van der Waals surface area contributed by atoms with Gasteiger partial charge in [-0.1, -0.05) is 36.1 Å². The third-order valence-corrected chi connectivity index (χ3v) is 4.69. The average Bonchev–Trinajstić information content (AvgIpc) is 2.96. The molecule has 0 aliphatic carbocycles. The lowest BCUT2D eigenvalue weighted by Crippen LogP contribution is -2.41. The van der Waals surface area contributed by atoms with Crippen LogP contribution in [0.3, 0.4) is 0 Å². The first-order chi connectivity index (χ1) is 14.4. The van der Waals surface area contributed by atoms with Crippen LogP contribution in [0.1, 0.15) is 29.5 Å². The molecule has 30 heavy (non-hydrogen) atoms. The molecule has 0 aromatic heterocycles. The van der Waals surface area contributed by atoms with Crippen molar-refractivity contribution < 1.29 is 22.7 Å². The van der Waals surface area contributed by atoms with Gasteiger partial charge in [0.1, 0.15) is 5.75 Å². The first-order valence-corrected chi connectivity index (χ1v) is 9.22. The van der Waals surface area contributed by atoms with E-state index in [4.69, 9.17) is 5.73 Å². The Bertz CT molecular complexity index is 1010. The molecule has 5 nitrogen and oxygen atoms in total. The normalized spacial score (nSPS) is 18.2. The number of likely N-dealkylation sites (N-methyl/N-ethyl adjacent to an activating group) is 1. The molecule has 156 valence electrons. The predicted molar refractivity (Wildman–Crippen MR) is 107 cm³/mol. The lowest BCUT2D eigenvalue weighted by Gasteiger charge is -2.26. The van der Waals surface area contributed by atoms with Gasteiger partial charge in [-0.15, -0.1) is 0 Å². The predicted octanol–water partition coefficient (Wildman–Crippen LogP) is 3.42. The lowest BCUT2D eigenvalue weighted by atomic mass is 9.82. The zero-order valence-corrected chi connectivity index (χ0v) is 16.2. The molecule has 2 N–H and O–H groups in total. The van der Waals surface area contributed by atoms with Crippen LogP contribution in [0.2, 0.25) is 0 Å². The van der Waals surface area contributed by atoms with Crippen molar-refractivity contribution >= 4 is 11.9 Å². The number of hydrogen-bond acceptors (Lipinski definition) is 4. The Hall–Kier alpha value is -3.47. The van der Waals surface area contributed by atoms with Gasteiger partial charge in [-0.3, -0.25) is 14.1 Å². The lowest BCUT2D eigenvalue weighted by molar-refractivity contribution is -0.129. The smallest absolute Gasteiger partial charge is 0.387 e. The molecule has 2 aromatic rings. The van der Waals surface area contributed by atoms with Crippen molar-refractivity contribution in [1.82, 2.24) is 4.90 Å². The molecule has 1 atom stereocenters. The molecular weight excluding hydrogens is 395 g/mol. The molecule has 0 fully saturated rings. The molecule has 1 heterocycles. The highest BCUT2D eigenvalue weighted by atomic mass is 19.3. The van der Waals surface area contributed by atoms with E-state index in [-0.39, 0.29) is 17.6 Å². The van der Waals surface area contributed by atoms with E-state index >= 15 is 0 Å². The van der Waals surface area contributed by atoms with Gasteiger partial charge < -0.3 is 10.5 Å². The molecular formula is C22H20F3N3O2. The van der Waals surface area contributed by atoms with Crippen molar-refractivity contribution in [2.24, 2.45) is 10.7 Å². The fraction of sp³-hybridized carbons (Fsp3) is 0.273. The number of nitrogens with zero attached hydrogens (tertiary/aromatic N) is 2. The summed E-state index contributed by atoms with van der Waals surface area (Å²) in [6.07, 6.45) is 0.776. The third-order valence-electron chi connectivity index (χ3n) is 4.69. The number of alkyl halides is 3. The molecule has 0 saturated carbocycles. The molecule has 1 aliphatic rings. The van der Waals surface area contributed by atoms with Crippen LogP contribution in [0, 0.1) is 11.8 Å². The number of carbonyl (C=O) groups excluding carboxylic acids is 1. The maximum absolute atomic E-state index is 13.2. The molecule has 0 saturated heterocycles. The summed E-state index contributed by atoms with van der Waals surface area (Å²) < 4.78 is 41.6. The second kappa shape index (κ2) is 8.91. The Morgan fingerprint density at radius 3 is 2.53 bits per heavy atom. The zero-order valence-electron chi connectivity index (χ0n) is 16.2. The number of benzene rings is 2. The van der Waals surface area contributed by atoms with Crippen LogP contribution < -0.4 is 10.5 Å². The van der Waals surface area contributed by atoms with Crippen molar-refractivity contribution in [2.75, 3.05) is 13.7 Å². The number of ether oxygens (including phenoxy) is 1. The molecule has 8 heteroatoms. The monoisotopic (exact) mass is 415 g/mol. The van der Waals surface area contributed by atoms with E-state index in [1.807, 2.05) is 0 Å². The molecule has 1 aliphatic heterocycles. The van der Waals surface area contributed by atoms with Gasteiger partial charge in [0, 0.05) is 19.0 Å². The minimum Gasteiger partial charge on any atom is -0.435 e. The van der Waals surface area contributed by atoms with Crippen LogP contribution in [-0.4, -0.2) is 37.1 Å². The third kappa shape index (κ3) is 4.10. The maximum atomic E-state index is 13.2. The number of amides is 1. The summed E-state index contributed by atoms with van der Waals surface area (Å²) in [5.74, 6) is 5.46. The molecule has 0 radical (unpaired) electrons. The summed E-state index contributed by atoms with van der Waals surface area (Å²) in [6, 6.07) is 12.7. The van der Waals surface area contributed by atoms with Gasteiger partial charge in [-0.05, 0) is 41.8 Å². The topological polar surface area (TPSA) is 67.9 Å². The van der Waals surface area contributed by atoms with Gasteiger partial charge in [-0.2, -0.15) is 8.78 Å². The van der Waals surface area contributed by atoms with Gasteiger partial charge in [0.25, 0.3) is 5.91 Å². The van der Waals surface area contributed by atoms with Gasteiger partial charge in [0.2, 0.25) is 0 Å². The van der Waals surface area contributed by atoms with E-state index in [0.717, 1.165) is 0 Å². The number of nitrogens with two attached hydrogens (primary N) is 1.